The molecule has 1 aliphatic rings. The van der Waals surface area contributed by atoms with Crippen molar-refractivity contribution in [1.29, 1.82) is 0 Å². The molecule has 0 unspecified atom stereocenters. The van der Waals surface area contributed by atoms with E-state index < -0.39 is 29.1 Å². The van der Waals surface area contributed by atoms with Crippen LogP contribution in [0.2, 0.25) is 0 Å². The molecule has 0 aliphatic carbocycles. The smallest absolute Gasteiger partial charge is 0.306 e. The van der Waals surface area contributed by atoms with Gasteiger partial charge in [0.1, 0.15) is 17.2 Å². The standard InChI is InChI=1S/C34H38FN5O6/c1-33(2,3)46-29(42)17-19-34(32(43)37-20-18-23-9-13-25(35)14-10-23)30(27-7-4-5-8-28(27)39-40-36)45-31(38-34)24-11-15-26(16-12-24)44-22-6-21-41/h4-5,7-16,30,41H,6,17-22H2,1-3H3,(H,37,43)/t30-,34-/m1/s1. The number of aliphatic hydroxyl groups excluding tert-OH is 1. The maximum absolute atomic E-state index is 14.3. The molecule has 242 valence electrons. The Hall–Kier alpha value is -4.93. The fourth-order valence-corrected chi connectivity index (χ4v) is 5.01. The molecule has 0 radical (unpaired) electrons. The molecule has 3 aromatic carbocycles. The minimum absolute atomic E-state index is 0.0127. The molecule has 0 saturated carbocycles. The first kappa shape index (κ1) is 34.0. The van der Waals surface area contributed by atoms with Crippen LogP contribution in [0.25, 0.3) is 10.4 Å². The normalized spacial score (nSPS) is 17.3. The van der Waals surface area contributed by atoms with Gasteiger partial charge in [-0.15, -0.1) is 0 Å². The van der Waals surface area contributed by atoms with Gasteiger partial charge in [-0.25, -0.2) is 9.38 Å². The molecule has 2 atom stereocenters. The molecule has 0 spiro atoms. The maximum Gasteiger partial charge on any atom is 0.306 e. The van der Waals surface area contributed by atoms with Gasteiger partial charge in [0.2, 0.25) is 5.90 Å². The minimum Gasteiger partial charge on any atom is -0.494 e. The van der Waals surface area contributed by atoms with Crippen molar-refractivity contribution in [3.8, 4) is 5.75 Å². The van der Waals surface area contributed by atoms with E-state index >= 15 is 0 Å². The van der Waals surface area contributed by atoms with Crippen molar-refractivity contribution >= 4 is 23.5 Å². The fraction of sp³-hybridized carbons (Fsp3) is 0.382. The predicted octanol–water partition coefficient (Wildman–Crippen LogP) is 6.27. The van der Waals surface area contributed by atoms with Crippen molar-refractivity contribution in [2.75, 3.05) is 19.8 Å². The van der Waals surface area contributed by atoms with Gasteiger partial charge in [0.25, 0.3) is 5.91 Å². The van der Waals surface area contributed by atoms with Crippen LogP contribution in [0, 0.1) is 5.82 Å². The number of azide groups is 1. The summed E-state index contributed by atoms with van der Waals surface area (Å²) in [5, 5.41) is 15.8. The van der Waals surface area contributed by atoms with Crippen molar-refractivity contribution in [3.05, 3.63) is 106 Å². The van der Waals surface area contributed by atoms with Gasteiger partial charge in [-0.1, -0.05) is 41.5 Å². The van der Waals surface area contributed by atoms with E-state index in [1.165, 1.54) is 12.1 Å². The van der Waals surface area contributed by atoms with E-state index in [2.05, 4.69) is 15.3 Å². The van der Waals surface area contributed by atoms with Gasteiger partial charge in [-0.05, 0) is 81.1 Å². The zero-order valence-electron chi connectivity index (χ0n) is 26.1. The molecular formula is C34H38FN5O6. The Morgan fingerprint density at radius 1 is 1.11 bits per heavy atom. The lowest BCUT2D eigenvalue weighted by Gasteiger charge is -2.31. The molecule has 12 heteroatoms. The Kier molecular flexibility index (Phi) is 11.3. The van der Waals surface area contributed by atoms with E-state index in [1.54, 1.807) is 81.4 Å². The van der Waals surface area contributed by atoms with E-state index in [1.807, 2.05) is 0 Å². The molecule has 3 aromatic rings. The van der Waals surface area contributed by atoms with Crippen LogP contribution in [-0.4, -0.2) is 53.8 Å². The zero-order valence-corrected chi connectivity index (χ0v) is 26.1. The number of aliphatic imine (C=N–C) groups is 1. The van der Waals surface area contributed by atoms with Crippen LogP contribution in [0.3, 0.4) is 0 Å². The summed E-state index contributed by atoms with van der Waals surface area (Å²) in [5.74, 6) is -0.639. The molecule has 11 nitrogen and oxygen atoms in total. The van der Waals surface area contributed by atoms with E-state index in [9.17, 15) is 19.5 Å². The van der Waals surface area contributed by atoms with Crippen LogP contribution < -0.4 is 10.1 Å². The molecular weight excluding hydrogens is 593 g/mol. The Morgan fingerprint density at radius 3 is 2.50 bits per heavy atom. The van der Waals surface area contributed by atoms with Crippen LogP contribution in [-0.2, 0) is 25.5 Å². The Labute approximate surface area is 267 Å². The molecule has 0 bridgehead atoms. The predicted molar refractivity (Wildman–Crippen MR) is 170 cm³/mol. The molecule has 4 rings (SSSR count). The Bertz CT molecular complexity index is 1580. The largest absolute Gasteiger partial charge is 0.494 e. The van der Waals surface area contributed by atoms with Gasteiger partial charge >= 0.3 is 5.97 Å². The average molecular weight is 632 g/mol. The third kappa shape index (κ3) is 8.83. The number of benzene rings is 3. The molecule has 0 fully saturated rings. The summed E-state index contributed by atoms with van der Waals surface area (Å²) < 4.78 is 31.1. The number of hydrogen-bond acceptors (Lipinski definition) is 8. The van der Waals surface area contributed by atoms with Crippen LogP contribution >= 0.6 is 0 Å². The van der Waals surface area contributed by atoms with Crippen molar-refractivity contribution in [2.24, 2.45) is 10.1 Å². The number of aliphatic hydroxyl groups is 1. The highest BCUT2D eigenvalue weighted by Gasteiger charge is 2.53. The van der Waals surface area contributed by atoms with Crippen molar-refractivity contribution in [3.63, 3.8) is 0 Å². The number of carbonyl (C=O) groups excluding carboxylic acids is 2. The summed E-state index contributed by atoms with van der Waals surface area (Å²) in [6.07, 6.45) is -0.395. The summed E-state index contributed by atoms with van der Waals surface area (Å²) in [6.45, 7) is 5.83. The molecule has 1 aliphatic heterocycles. The molecule has 2 N–H and O–H groups in total. The van der Waals surface area contributed by atoms with Gasteiger partial charge in [0, 0.05) is 47.7 Å². The summed E-state index contributed by atoms with van der Waals surface area (Å²) in [4.78, 5) is 35.1. The van der Waals surface area contributed by atoms with Crippen molar-refractivity contribution < 1.29 is 33.3 Å². The third-order valence-corrected chi connectivity index (χ3v) is 7.14. The molecule has 0 saturated heterocycles. The molecule has 1 heterocycles. The second kappa shape index (κ2) is 15.4. The van der Waals surface area contributed by atoms with E-state index in [-0.39, 0.29) is 43.4 Å². The number of nitrogens with zero attached hydrogens (tertiary/aromatic N) is 4. The molecule has 46 heavy (non-hydrogen) atoms. The van der Waals surface area contributed by atoms with E-state index in [0.29, 0.717) is 36.3 Å². The second-order valence-corrected chi connectivity index (χ2v) is 11.8. The van der Waals surface area contributed by atoms with Gasteiger partial charge < -0.3 is 24.6 Å². The van der Waals surface area contributed by atoms with E-state index in [4.69, 9.17) is 24.3 Å². The van der Waals surface area contributed by atoms with Crippen LogP contribution in [0.15, 0.2) is 82.9 Å². The van der Waals surface area contributed by atoms with Gasteiger partial charge in [-0.2, -0.15) is 0 Å². The highest BCUT2D eigenvalue weighted by atomic mass is 19.1. The number of rotatable bonds is 14. The first-order valence-corrected chi connectivity index (χ1v) is 15.0. The highest BCUT2D eigenvalue weighted by molar-refractivity contribution is 6.01. The number of carbonyl (C=O) groups is 2. The Balaban J connectivity index is 1.73. The number of hydrogen-bond donors (Lipinski definition) is 2. The lowest BCUT2D eigenvalue weighted by Crippen LogP contribution is -2.49. The van der Waals surface area contributed by atoms with Crippen LogP contribution in [0.4, 0.5) is 10.1 Å². The minimum atomic E-state index is -1.66. The van der Waals surface area contributed by atoms with E-state index in [0.717, 1.165) is 5.56 Å². The SMILES string of the molecule is CC(C)(C)OC(=O)CC[C@@]1(C(=O)NCCc2ccc(F)cc2)N=C(c2ccc(OCCCO)cc2)O[C@@H]1c1ccccc1N=[N+]=[N-]. The summed E-state index contributed by atoms with van der Waals surface area (Å²) >= 11 is 0. The lowest BCUT2D eigenvalue weighted by molar-refractivity contribution is -0.155. The van der Waals surface area contributed by atoms with Gasteiger partial charge in [0.05, 0.1) is 6.61 Å². The van der Waals surface area contributed by atoms with Crippen molar-refractivity contribution in [1.82, 2.24) is 5.32 Å². The third-order valence-electron chi connectivity index (χ3n) is 7.14. The first-order chi connectivity index (χ1) is 22.0. The highest BCUT2D eigenvalue weighted by Crippen LogP contribution is 2.46. The number of nitrogens with one attached hydrogen (secondary N) is 1. The number of esters is 1. The second-order valence-electron chi connectivity index (χ2n) is 11.8. The summed E-state index contributed by atoms with van der Waals surface area (Å²) in [6, 6.07) is 19.7. The quantitative estimate of drug-likeness (QED) is 0.0703. The fourth-order valence-electron chi connectivity index (χ4n) is 5.01. The van der Waals surface area contributed by atoms with Crippen molar-refractivity contribution in [2.45, 2.75) is 63.7 Å². The number of halogens is 1. The summed E-state index contributed by atoms with van der Waals surface area (Å²) in [7, 11) is 0. The first-order valence-electron chi connectivity index (χ1n) is 15.0. The van der Waals surface area contributed by atoms with Crippen LogP contribution in [0.1, 0.15) is 62.8 Å². The topological polar surface area (TPSA) is 155 Å². The van der Waals surface area contributed by atoms with Gasteiger partial charge in [-0.3, -0.25) is 9.59 Å². The average Bonchev–Trinajstić information content (AvgIpc) is 3.42. The number of amides is 1. The summed E-state index contributed by atoms with van der Waals surface area (Å²) in [5.41, 5.74) is 8.93. The monoisotopic (exact) mass is 631 g/mol. The van der Waals surface area contributed by atoms with Gasteiger partial charge in [0.15, 0.2) is 11.6 Å². The van der Waals surface area contributed by atoms with Crippen LogP contribution in [0.5, 0.6) is 5.75 Å². The maximum atomic E-state index is 14.3. The molecule has 0 aromatic heterocycles. The lowest BCUT2D eigenvalue weighted by atomic mass is 9.82. The Morgan fingerprint density at radius 2 is 1.83 bits per heavy atom. The molecule has 1 amide bonds. The zero-order chi connectivity index (χ0) is 33.2. The number of ether oxygens (including phenoxy) is 3.